The van der Waals surface area contributed by atoms with E-state index >= 15 is 0 Å². The molecule has 1 aromatic rings. The van der Waals surface area contributed by atoms with Gasteiger partial charge in [0.15, 0.2) is 0 Å². The van der Waals surface area contributed by atoms with Crippen LogP contribution in [0.15, 0.2) is 11.7 Å². The van der Waals surface area contributed by atoms with E-state index in [-0.39, 0.29) is 6.04 Å². The SMILES string of the molecule is CN1CCC(N)C1c1cncs1. The third-order valence-electron chi connectivity index (χ3n) is 2.44. The largest absolute Gasteiger partial charge is 0.326 e. The molecule has 12 heavy (non-hydrogen) atoms. The van der Waals surface area contributed by atoms with Crippen LogP contribution in [0.1, 0.15) is 17.3 Å². The number of hydrogen-bond donors (Lipinski definition) is 1. The van der Waals surface area contributed by atoms with Gasteiger partial charge in [0.25, 0.3) is 0 Å². The summed E-state index contributed by atoms with van der Waals surface area (Å²) >= 11 is 1.69. The minimum atomic E-state index is 0.287. The van der Waals surface area contributed by atoms with Gasteiger partial charge in [-0.3, -0.25) is 9.88 Å². The number of hydrogen-bond acceptors (Lipinski definition) is 4. The zero-order chi connectivity index (χ0) is 8.55. The molecule has 0 radical (unpaired) electrons. The zero-order valence-corrected chi connectivity index (χ0v) is 7.92. The molecule has 1 fully saturated rings. The molecule has 0 bridgehead atoms. The van der Waals surface area contributed by atoms with Gasteiger partial charge in [-0.25, -0.2) is 0 Å². The smallest absolute Gasteiger partial charge is 0.0794 e. The number of likely N-dealkylation sites (tertiary alicyclic amines) is 1. The molecule has 1 aliphatic rings. The molecule has 66 valence electrons. The molecule has 4 heteroatoms. The lowest BCUT2D eigenvalue weighted by Gasteiger charge is -2.20. The number of rotatable bonds is 1. The van der Waals surface area contributed by atoms with Gasteiger partial charge in [0.1, 0.15) is 0 Å². The van der Waals surface area contributed by atoms with E-state index in [1.165, 1.54) is 4.88 Å². The summed E-state index contributed by atoms with van der Waals surface area (Å²) in [6.45, 7) is 1.10. The summed E-state index contributed by atoms with van der Waals surface area (Å²) in [5.41, 5.74) is 7.87. The lowest BCUT2D eigenvalue weighted by Crippen LogP contribution is -2.28. The minimum absolute atomic E-state index is 0.287. The predicted molar refractivity (Wildman–Crippen MR) is 50.1 cm³/mol. The highest BCUT2D eigenvalue weighted by molar-refractivity contribution is 7.09. The molecule has 0 saturated carbocycles. The maximum absolute atomic E-state index is 6.00. The molecule has 2 N–H and O–H groups in total. The van der Waals surface area contributed by atoms with Crippen molar-refractivity contribution in [3.05, 3.63) is 16.6 Å². The van der Waals surface area contributed by atoms with Crippen LogP contribution in [-0.2, 0) is 0 Å². The van der Waals surface area contributed by atoms with E-state index in [0.29, 0.717) is 6.04 Å². The first kappa shape index (κ1) is 8.16. The normalized spacial score (nSPS) is 31.2. The van der Waals surface area contributed by atoms with E-state index in [4.69, 9.17) is 5.73 Å². The Morgan fingerprint density at radius 1 is 1.75 bits per heavy atom. The third-order valence-corrected chi connectivity index (χ3v) is 3.28. The number of likely N-dealkylation sites (N-methyl/N-ethyl adjacent to an activating group) is 1. The second kappa shape index (κ2) is 3.12. The number of aromatic nitrogens is 1. The lowest BCUT2D eigenvalue weighted by atomic mass is 10.1. The van der Waals surface area contributed by atoms with Crippen LogP contribution in [0.25, 0.3) is 0 Å². The Hall–Kier alpha value is -0.450. The average molecular weight is 183 g/mol. The average Bonchev–Trinajstić information content (AvgIpc) is 2.61. The summed E-state index contributed by atoms with van der Waals surface area (Å²) in [6, 6.07) is 0.688. The van der Waals surface area contributed by atoms with Crippen molar-refractivity contribution in [1.29, 1.82) is 0 Å². The Kier molecular flexibility index (Phi) is 2.12. The molecule has 0 aliphatic carbocycles. The molecule has 2 unspecified atom stereocenters. The van der Waals surface area contributed by atoms with Crippen LogP contribution in [0.4, 0.5) is 0 Å². The Bertz CT molecular complexity index is 237. The van der Waals surface area contributed by atoms with Gasteiger partial charge in [0.05, 0.1) is 11.6 Å². The Balaban J connectivity index is 2.22. The Morgan fingerprint density at radius 2 is 2.58 bits per heavy atom. The van der Waals surface area contributed by atoms with Gasteiger partial charge in [0.2, 0.25) is 0 Å². The van der Waals surface area contributed by atoms with Crippen molar-refractivity contribution in [2.75, 3.05) is 13.6 Å². The van der Waals surface area contributed by atoms with E-state index < -0.39 is 0 Å². The standard InChI is InChI=1S/C8H13N3S/c1-11-3-2-6(9)8(11)7-4-10-5-12-7/h4-6,8H,2-3,9H2,1H3. The van der Waals surface area contributed by atoms with Gasteiger partial charge in [-0.2, -0.15) is 0 Å². The molecule has 1 aromatic heterocycles. The Morgan fingerprint density at radius 3 is 3.08 bits per heavy atom. The molecule has 0 amide bonds. The van der Waals surface area contributed by atoms with Crippen molar-refractivity contribution in [2.24, 2.45) is 5.73 Å². The van der Waals surface area contributed by atoms with Crippen molar-refractivity contribution >= 4 is 11.3 Å². The first-order valence-electron chi connectivity index (χ1n) is 4.13. The number of thiazole rings is 1. The number of nitrogens with zero attached hydrogens (tertiary/aromatic N) is 2. The topological polar surface area (TPSA) is 42.1 Å². The third kappa shape index (κ3) is 1.26. The van der Waals surface area contributed by atoms with Crippen LogP contribution in [0.2, 0.25) is 0 Å². The molecule has 2 atom stereocenters. The van der Waals surface area contributed by atoms with Crippen LogP contribution < -0.4 is 5.73 Å². The van der Waals surface area contributed by atoms with Crippen molar-refractivity contribution in [3.8, 4) is 0 Å². The quantitative estimate of drug-likeness (QED) is 0.701. The number of nitrogens with two attached hydrogens (primary N) is 1. The second-order valence-electron chi connectivity index (χ2n) is 3.28. The Labute approximate surface area is 76.2 Å². The van der Waals surface area contributed by atoms with E-state index in [9.17, 15) is 0 Å². The summed E-state index contributed by atoms with van der Waals surface area (Å²) < 4.78 is 0. The first-order chi connectivity index (χ1) is 5.79. The van der Waals surface area contributed by atoms with Gasteiger partial charge in [-0.1, -0.05) is 0 Å². The van der Waals surface area contributed by atoms with E-state index in [2.05, 4.69) is 16.9 Å². The van der Waals surface area contributed by atoms with Crippen molar-refractivity contribution < 1.29 is 0 Å². The van der Waals surface area contributed by atoms with Gasteiger partial charge >= 0.3 is 0 Å². The van der Waals surface area contributed by atoms with E-state index in [1.54, 1.807) is 11.3 Å². The molecule has 1 saturated heterocycles. The molecule has 2 heterocycles. The molecular weight excluding hydrogens is 170 g/mol. The van der Waals surface area contributed by atoms with Crippen LogP contribution >= 0.6 is 11.3 Å². The van der Waals surface area contributed by atoms with Crippen molar-refractivity contribution in [1.82, 2.24) is 9.88 Å². The van der Waals surface area contributed by atoms with Gasteiger partial charge < -0.3 is 5.73 Å². The van der Waals surface area contributed by atoms with E-state index in [1.807, 2.05) is 11.7 Å². The maximum Gasteiger partial charge on any atom is 0.0794 e. The highest BCUT2D eigenvalue weighted by Crippen LogP contribution is 2.31. The lowest BCUT2D eigenvalue weighted by molar-refractivity contribution is 0.308. The zero-order valence-electron chi connectivity index (χ0n) is 7.10. The van der Waals surface area contributed by atoms with E-state index in [0.717, 1.165) is 13.0 Å². The molecule has 3 nitrogen and oxygen atoms in total. The first-order valence-corrected chi connectivity index (χ1v) is 5.01. The summed E-state index contributed by atoms with van der Waals surface area (Å²) in [6.07, 6.45) is 3.02. The fourth-order valence-electron chi connectivity index (χ4n) is 1.78. The summed E-state index contributed by atoms with van der Waals surface area (Å²) in [5, 5.41) is 0. The summed E-state index contributed by atoms with van der Waals surface area (Å²) in [7, 11) is 2.12. The summed E-state index contributed by atoms with van der Waals surface area (Å²) in [4.78, 5) is 7.67. The molecule has 0 spiro atoms. The van der Waals surface area contributed by atoms with Crippen molar-refractivity contribution in [2.45, 2.75) is 18.5 Å². The summed E-state index contributed by atoms with van der Waals surface area (Å²) in [5.74, 6) is 0. The molecular formula is C8H13N3S. The van der Waals surface area contributed by atoms with Gasteiger partial charge in [0, 0.05) is 23.7 Å². The second-order valence-corrected chi connectivity index (χ2v) is 4.20. The fourth-order valence-corrected chi connectivity index (χ4v) is 2.64. The van der Waals surface area contributed by atoms with Crippen LogP contribution in [0.5, 0.6) is 0 Å². The van der Waals surface area contributed by atoms with Crippen molar-refractivity contribution in [3.63, 3.8) is 0 Å². The van der Waals surface area contributed by atoms with Crippen LogP contribution in [0.3, 0.4) is 0 Å². The van der Waals surface area contributed by atoms with Gasteiger partial charge in [-0.15, -0.1) is 11.3 Å². The van der Waals surface area contributed by atoms with Crippen LogP contribution in [-0.4, -0.2) is 29.5 Å². The predicted octanol–water partition coefficient (Wildman–Crippen LogP) is 0.847. The van der Waals surface area contributed by atoms with Gasteiger partial charge in [-0.05, 0) is 13.5 Å². The highest BCUT2D eigenvalue weighted by Gasteiger charge is 2.30. The molecule has 2 rings (SSSR count). The molecule has 1 aliphatic heterocycles. The minimum Gasteiger partial charge on any atom is -0.326 e. The maximum atomic E-state index is 6.00. The van der Waals surface area contributed by atoms with Crippen LogP contribution in [0, 0.1) is 0 Å². The fraction of sp³-hybridized carbons (Fsp3) is 0.625. The highest BCUT2D eigenvalue weighted by atomic mass is 32.1. The molecule has 0 aromatic carbocycles. The monoisotopic (exact) mass is 183 g/mol.